The molecule has 2 aliphatic heterocycles. The van der Waals surface area contributed by atoms with E-state index < -0.39 is 124 Å². The third kappa shape index (κ3) is 9.84. The van der Waals surface area contributed by atoms with Gasteiger partial charge in [-0.3, -0.25) is 28.0 Å². The third-order valence-electron chi connectivity index (χ3n) is 8.79. The number of nitrogen functional groups attached to an aromatic ring is 1. The maximum atomic E-state index is 13.0. The van der Waals surface area contributed by atoms with Crippen LogP contribution in [-0.2, 0) is 32.7 Å². The number of ketones is 3. The van der Waals surface area contributed by atoms with E-state index in [9.17, 15) is 69.2 Å². The number of hydrogen-bond donors (Lipinski definition) is 8. The SMILES string of the molecule is CC(=O)c1ccc(C(=O)CCC(=O)C[C@H]2C([C@H](O)[C@H](O)CO)O[C@](OP(=O)([O-])OC[C@H]3O[C@@H](n4ccc(N)nc4=O)C(O)[C@H]3O)(C(=O)O)C[C@H]2O)cc1. The second-order valence-corrected chi connectivity index (χ2v) is 13.9. The van der Waals surface area contributed by atoms with Gasteiger partial charge in [0.1, 0.15) is 42.1 Å². The summed E-state index contributed by atoms with van der Waals surface area (Å²) in [5, 5.41) is 72.3. The Morgan fingerprint density at radius 2 is 1.74 bits per heavy atom. The Balaban J connectivity index is 1.46. The summed E-state index contributed by atoms with van der Waals surface area (Å²) < 4.78 is 34.0. The first-order valence-electron chi connectivity index (χ1n) is 16.0. The molecule has 0 aliphatic carbocycles. The minimum atomic E-state index is -5.86. The number of Topliss-reactive ketones (excluding diaryl/α,β-unsaturated/α-hetero) is 3. The number of rotatable bonds is 17. The number of aliphatic hydroxyl groups is 6. The maximum absolute atomic E-state index is 13.0. The molecule has 0 amide bonds. The average Bonchev–Trinajstić information content (AvgIpc) is 3.38. The van der Waals surface area contributed by atoms with Crippen LogP contribution < -0.4 is 16.3 Å². The second-order valence-electron chi connectivity index (χ2n) is 12.5. The first-order valence-corrected chi connectivity index (χ1v) is 17.5. The van der Waals surface area contributed by atoms with Crippen LogP contribution in [0, 0.1) is 5.92 Å². The summed E-state index contributed by atoms with van der Waals surface area (Å²) in [5.41, 5.74) is 5.03. The zero-order valence-electron chi connectivity index (χ0n) is 27.9. The van der Waals surface area contributed by atoms with Crippen LogP contribution >= 0.6 is 7.82 Å². The minimum absolute atomic E-state index is 0.161. The number of nitrogens with two attached hydrogens (primary N) is 1. The summed E-state index contributed by atoms with van der Waals surface area (Å²) in [6, 6.07) is 6.86. The summed E-state index contributed by atoms with van der Waals surface area (Å²) in [6.45, 7) is -0.887. The number of aliphatic hydroxyl groups excluding tert-OH is 6. The van der Waals surface area contributed by atoms with Crippen molar-refractivity contribution < 1.29 is 82.9 Å². The molecule has 0 spiro atoms. The Morgan fingerprint density at radius 1 is 1.09 bits per heavy atom. The molecule has 21 nitrogen and oxygen atoms in total. The van der Waals surface area contributed by atoms with Gasteiger partial charge in [0.2, 0.25) is 0 Å². The molecule has 3 heterocycles. The molecular formula is C31H39N3O18P-. The highest BCUT2D eigenvalue weighted by Gasteiger charge is 2.57. The highest BCUT2D eigenvalue weighted by atomic mass is 31.2. The smallest absolute Gasteiger partial charge is 0.364 e. The lowest BCUT2D eigenvalue weighted by Crippen LogP contribution is -2.62. The quantitative estimate of drug-likeness (QED) is 0.0588. The van der Waals surface area contributed by atoms with E-state index in [0.717, 1.165) is 10.8 Å². The van der Waals surface area contributed by atoms with Gasteiger partial charge in [-0.2, -0.15) is 4.98 Å². The molecule has 2 aromatic rings. The van der Waals surface area contributed by atoms with Crippen LogP contribution in [0.25, 0.3) is 0 Å². The molecule has 0 saturated carbocycles. The lowest BCUT2D eigenvalue weighted by molar-refractivity contribution is -0.320. The molecule has 4 rings (SSSR count). The lowest BCUT2D eigenvalue weighted by atomic mass is 9.80. The number of aromatic nitrogens is 2. The van der Waals surface area contributed by atoms with Gasteiger partial charge >= 0.3 is 11.7 Å². The van der Waals surface area contributed by atoms with Crippen molar-refractivity contribution in [2.24, 2.45) is 5.92 Å². The van der Waals surface area contributed by atoms with Gasteiger partial charge in [-0.15, -0.1) is 0 Å². The molecule has 0 radical (unpaired) electrons. The number of benzene rings is 1. The van der Waals surface area contributed by atoms with Crippen molar-refractivity contribution in [3.05, 3.63) is 58.1 Å². The molecule has 11 atom stereocenters. The van der Waals surface area contributed by atoms with Crippen molar-refractivity contribution in [1.82, 2.24) is 9.55 Å². The lowest BCUT2D eigenvalue weighted by Gasteiger charge is -2.47. The number of carbonyl (C=O) groups is 4. The number of aliphatic carboxylic acids is 1. The molecule has 53 heavy (non-hydrogen) atoms. The molecule has 9 N–H and O–H groups in total. The number of phosphoric ester groups is 1. The van der Waals surface area contributed by atoms with Crippen molar-refractivity contribution in [1.29, 1.82) is 0 Å². The van der Waals surface area contributed by atoms with Crippen LogP contribution in [0.15, 0.2) is 41.3 Å². The van der Waals surface area contributed by atoms with Gasteiger partial charge in [-0.25, -0.2) is 9.59 Å². The Morgan fingerprint density at radius 3 is 2.32 bits per heavy atom. The number of hydrogen-bond acceptors (Lipinski definition) is 19. The summed E-state index contributed by atoms with van der Waals surface area (Å²) >= 11 is 0. The van der Waals surface area contributed by atoms with Crippen molar-refractivity contribution in [3.8, 4) is 0 Å². The summed E-state index contributed by atoms with van der Waals surface area (Å²) in [5.74, 6) is -8.58. The first kappa shape index (κ1) is 41.9. The number of carboxylic acid groups (broad SMARTS) is 1. The van der Waals surface area contributed by atoms with E-state index in [2.05, 4.69) is 4.98 Å². The summed E-state index contributed by atoms with van der Waals surface area (Å²) in [7, 11) is -5.86. The molecule has 22 heteroatoms. The van der Waals surface area contributed by atoms with Gasteiger partial charge in [0.15, 0.2) is 17.8 Å². The largest absolute Gasteiger partial charge is 0.756 e. The molecule has 2 saturated heterocycles. The zero-order chi connectivity index (χ0) is 39.4. The second kappa shape index (κ2) is 17.1. The fourth-order valence-electron chi connectivity index (χ4n) is 5.88. The van der Waals surface area contributed by atoms with Gasteiger partial charge < -0.3 is 60.4 Å². The predicted molar refractivity (Wildman–Crippen MR) is 172 cm³/mol. The van der Waals surface area contributed by atoms with Crippen molar-refractivity contribution >= 4 is 37.0 Å². The van der Waals surface area contributed by atoms with E-state index in [4.69, 9.17) is 24.3 Å². The monoisotopic (exact) mass is 772 g/mol. The summed E-state index contributed by atoms with van der Waals surface area (Å²) in [6.07, 6.45) is -16.7. The van der Waals surface area contributed by atoms with Crippen LogP contribution in [0.1, 0.15) is 59.6 Å². The van der Waals surface area contributed by atoms with E-state index >= 15 is 0 Å². The van der Waals surface area contributed by atoms with Crippen LogP contribution in [0.5, 0.6) is 0 Å². The Hall–Kier alpha value is -3.83. The van der Waals surface area contributed by atoms with Crippen LogP contribution in [0.3, 0.4) is 0 Å². The molecular weight excluding hydrogens is 733 g/mol. The van der Waals surface area contributed by atoms with E-state index in [1.54, 1.807) is 0 Å². The summed E-state index contributed by atoms with van der Waals surface area (Å²) in [4.78, 5) is 78.2. The molecule has 1 aromatic heterocycles. The highest BCUT2D eigenvalue weighted by molar-refractivity contribution is 7.45. The average molecular weight is 773 g/mol. The van der Waals surface area contributed by atoms with E-state index in [-0.39, 0.29) is 23.6 Å². The normalized spacial score (nSPS) is 29.5. The zero-order valence-corrected chi connectivity index (χ0v) is 28.8. The number of ether oxygens (including phenoxy) is 2. The predicted octanol–water partition coefficient (Wildman–Crippen LogP) is -2.97. The molecule has 2 aliphatic rings. The van der Waals surface area contributed by atoms with Crippen molar-refractivity contribution in [2.75, 3.05) is 18.9 Å². The number of nitrogens with zero attached hydrogens (tertiary/aromatic N) is 2. The van der Waals surface area contributed by atoms with E-state index in [1.807, 2.05) is 0 Å². The highest BCUT2D eigenvalue weighted by Crippen LogP contribution is 2.49. The third-order valence-corrected chi connectivity index (χ3v) is 9.77. The van der Waals surface area contributed by atoms with Gasteiger partial charge in [0.25, 0.3) is 13.6 Å². The number of phosphoric acid groups is 1. The molecule has 3 unspecified atom stereocenters. The van der Waals surface area contributed by atoms with Crippen LogP contribution in [0.2, 0.25) is 0 Å². The van der Waals surface area contributed by atoms with Gasteiger partial charge in [0.05, 0.1) is 25.4 Å². The number of carboxylic acids is 1. The molecule has 2 fully saturated rings. The first-order chi connectivity index (χ1) is 24.8. The Bertz CT molecular complexity index is 1770. The topological polar surface area (TPSA) is 348 Å². The van der Waals surface area contributed by atoms with E-state index in [1.165, 1.54) is 37.3 Å². The molecule has 0 bridgehead atoms. The van der Waals surface area contributed by atoms with Crippen LogP contribution in [-0.4, -0.2) is 130 Å². The van der Waals surface area contributed by atoms with Gasteiger partial charge in [0, 0.05) is 48.9 Å². The minimum Gasteiger partial charge on any atom is -0.756 e. The molecule has 292 valence electrons. The number of anilines is 1. The fraction of sp³-hybridized carbons (Fsp3) is 0.548. The van der Waals surface area contributed by atoms with Gasteiger partial charge in [-0.1, -0.05) is 24.3 Å². The Labute approximate surface area is 299 Å². The Kier molecular flexibility index (Phi) is 13.5. The van der Waals surface area contributed by atoms with E-state index in [0.29, 0.717) is 5.56 Å². The van der Waals surface area contributed by atoms with Crippen molar-refractivity contribution in [2.45, 2.75) is 87.3 Å². The number of carbonyl (C=O) groups excluding carboxylic acids is 3. The standard InChI is InChI=1S/C31H40N3O18P/c1-14(36)15-2-4-16(5-3-15)19(38)7-6-17(37)10-18-20(39)11-31(29(44)45,51-27(18)24(41)21(40)12-35)52-53(47,48)49-13-22-25(42)26(43)28(50-22)34-9-8-23(32)33-30(34)46/h2-5,8-9,18,20-22,24-28,35,39-43H,6-7,10-13H2,1H3,(H,44,45)(H,47,48)(H2,32,33,46)/p-1/t18-,20-,21-,22-,24-,25+,26?,27?,28-,31-/m1/s1. The van der Waals surface area contributed by atoms with Crippen molar-refractivity contribution in [3.63, 3.8) is 0 Å². The van der Waals surface area contributed by atoms with Gasteiger partial charge in [-0.05, 0) is 13.0 Å². The van der Waals surface area contributed by atoms with Crippen LogP contribution in [0.4, 0.5) is 5.82 Å². The fourth-order valence-corrected chi connectivity index (χ4v) is 6.82. The maximum Gasteiger partial charge on any atom is 0.364 e. The molecule has 1 aromatic carbocycles.